The van der Waals surface area contributed by atoms with E-state index in [1.54, 1.807) is 11.9 Å². The third-order valence-corrected chi connectivity index (χ3v) is 3.75. The second-order valence-corrected chi connectivity index (χ2v) is 5.07. The maximum atomic E-state index is 12.1. The van der Waals surface area contributed by atoms with Gasteiger partial charge in [0.25, 0.3) is 5.91 Å². The van der Waals surface area contributed by atoms with Crippen molar-refractivity contribution in [3.8, 4) is 5.75 Å². The summed E-state index contributed by atoms with van der Waals surface area (Å²) in [6.45, 7) is 3.25. The van der Waals surface area contributed by atoms with E-state index in [1.807, 2.05) is 31.2 Å². The Morgan fingerprint density at radius 3 is 2.70 bits per heavy atom. The highest BCUT2D eigenvalue weighted by Crippen LogP contribution is 2.18. The molecule has 5 heteroatoms. The highest BCUT2D eigenvalue weighted by Gasteiger charge is 2.30. The van der Waals surface area contributed by atoms with Gasteiger partial charge in [0.2, 0.25) is 0 Å². The van der Waals surface area contributed by atoms with Crippen LogP contribution in [0.3, 0.4) is 0 Å². The summed E-state index contributed by atoms with van der Waals surface area (Å²) in [4.78, 5) is 13.8. The molecule has 2 N–H and O–H groups in total. The Balaban J connectivity index is 1.84. The topological polar surface area (TPSA) is 64.8 Å². The minimum absolute atomic E-state index is 0.0322. The highest BCUT2D eigenvalue weighted by molar-refractivity contribution is 5.77. The van der Waals surface area contributed by atoms with Crippen LogP contribution >= 0.6 is 0 Å². The van der Waals surface area contributed by atoms with Crippen LogP contribution in [-0.4, -0.2) is 43.2 Å². The number of likely N-dealkylation sites (N-methyl/N-ethyl adjacent to an activating group) is 1. The Morgan fingerprint density at radius 2 is 2.15 bits per heavy atom. The third-order valence-electron chi connectivity index (χ3n) is 3.75. The summed E-state index contributed by atoms with van der Waals surface area (Å²) < 4.78 is 11.0. The first-order chi connectivity index (χ1) is 9.61. The van der Waals surface area contributed by atoms with Crippen molar-refractivity contribution >= 4 is 5.91 Å². The van der Waals surface area contributed by atoms with Crippen molar-refractivity contribution in [2.75, 3.05) is 20.3 Å². The summed E-state index contributed by atoms with van der Waals surface area (Å²) in [6, 6.07) is 7.60. The molecule has 20 heavy (non-hydrogen) atoms. The van der Waals surface area contributed by atoms with Gasteiger partial charge in [-0.05, 0) is 31.0 Å². The number of rotatable bonds is 5. The van der Waals surface area contributed by atoms with Gasteiger partial charge in [0.1, 0.15) is 5.75 Å². The van der Waals surface area contributed by atoms with Gasteiger partial charge in [0.15, 0.2) is 6.61 Å². The lowest BCUT2D eigenvalue weighted by atomic mass is 10.1. The molecule has 2 unspecified atom stereocenters. The Morgan fingerprint density at radius 1 is 1.45 bits per heavy atom. The lowest BCUT2D eigenvalue weighted by Gasteiger charge is -2.26. The number of hydrogen-bond acceptors (Lipinski definition) is 4. The number of carbonyl (C=O) groups excluding carboxylic acids is 1. The molecule has 1 heterocycles. The van der Waals surface area contributed by atoms with E-state index in [1.165, 1.54) is 0 Å². The predicted octanol–water partition coefficient (Wildman–Crippen LogP) is 1.16. The van der Waals surface area contributed by atoms with Crippen molar-refractivity contribution in [1.82, 2.24) is 4.90 Å². The van der Waals surface area contributed by atoms with Crippen LogP contribution in [-0.2, 0) is 16.1 Å². The number of ether oxygens (including phenoxy) is 2. The maximum Gasteiger partial charge on any atom is 0.260 e. The van der Waals surface area contributed by atoms with E-state index < -0.39 is 0 Å². The summed E-state index contributed by atoms with van der Waals surface area (Å²) in [6.07, 6.45) is 0.974. The van der Waals surface area contributed by atoms with Crippen molar-refractivity contribution in [2.24, 2.45) is 5.73 Å². The van der Waals surface area contributed by atoms with Gasteiger partial charge in [0.05, 0.1) is 12.1 Å². The smallest absolute Gasteiger partial charge is 0.260 e. The SMILES string of the molecule is CC1OCCC1N(C)C(=O)COc1ccc(CN)cc1. The largest absolute Gasteiger partial charge is 0.484 e. The molecule has 1 aromatic rings. The average Bonchev–Trinajstić information content (AvgIpc) is 2.90. The van der Waals surface area contributed by atoms with E-state index in [9.17, 15) is 4.79 Å². The summed E-state index contributed by atoms with van der Waals surface area (Å²) in [5.41, 5.74) is 6.57. The zero-order valence-electron chi connectivity index (χ0n) is 12.0. The van der Waals surface area contributed by atoms with Crippen molar-refractivity contribution in [2.45, 2.75) is 32.0 Å². The number of carbonyl (C=O) groups is 1. The first-order valence-corrected chi connectivity index (χ1v) is 6.91. The average molecular weight is 278 g/mol. The Hall–Kier alpha value is -1.59. The van der Waals surface area contributed by atoms with E-state index >= 15 is 0 Å². The number of benzene rings is 1. The van der Waals surface area contributed by atoms with Gasteiger partial charge in [-0.3, -0.25) is 4.79 Å². The normalized spacial score (nSPS) is 21.8. The molecular weight excluding hydrogens is 256 g/mol. The van der Waals surface area contributed by atoms with Gasteiger partial charge in [0, 0.05) is 20.2 Å². The molecule has 1 aromatic carbocycles. The zero-order valence-corrected chi connectivity index (χ0v) is 12.0. The van der Waals surface area contributed by atoms with Crippen molar-refractivity contribution in [3.05, 3.63) is 29.8 Å². The van der Waals surface area contributed by atoms with Crippen LogP contribution in [0, 0.1) is 0 Å². The fourth-order valence-corrected chi connectivity index (χ4v) is 2.38. The molecule has 1 saturated heterocycles. The molecule has 0 saturated carbocycles. The molecule has 5 nitrogen and oxygen atoms in total. The number of nitrogens with two attached hydrogens (primary N) is 1. The van der Waals surface area contributed by atoms with Gasteiger partial charge in [-0.2, -0.15) is 0 Å². The first-order valence-electron chi connectivity index (χ1n) is 6.91. The first kappa shape index (κ1) is 14.8. The molecular formula is C15H22N2O3. The Labute approximate surface area is 119 Å². The van der Waals surface area contributed by atoms with Crippen molar-refractivity contribution in [3.63, 3.8) is 0 Å². The van der Waals surface area contributed by atoms with Gasteiger partial charge in [-0.25, -0.2) is 0 Å². The van der Waals surface area contributed by atoms with Gasteiger partial charge < -0.3 is 20.1 Å². The third kappa shape index (κ3) is 3.49. The highest BCUT2D eigenvalue weighted by atomic mass is 16.5. The summed E-state index contributed by atoms with van der Waals surface area (Å²) in [5.74, 6) is 0.648. The minimum Gasteiger partial charge on any atom is -0.484 e. The van der Waals surface area contributed by atoms with Crippen LogP contribution < -0.4 is 10.5 Å². The van der Waals surface area contributed by atoms with Crippen LogP contribution in [0.4, 0.5) is 0 Å². The van der Waals surface area contributed by atoms with E-state index in [4.69, 9.17) is 15.2 Å². The van der Waals surface area contributed by atoms with E-state index in [0.717, 1.165) is 12.0 Å². The molecule has 0 spiro atoms. The quantitative estimate of drug-likeness (QED) is 0.878. The van der Waals surface area contributed by atoms with E-state index in [2.05, 4.69) is 0 Å². The standard InChI is InChI=1S/C15H22N2O3/c1-11-14(7-8-19-11)17(2)15(18)10-20-13-5-3-12(9-16)4-6-13/h3-6,11,14H,7-10,16H2,1-2H3. The Bertz CT molecular complexity index is 447. The van der Waals surface area contributed by atoms with Crippen molar-refractivity contribution in [1.29, 1.82) is 0 Å². The molecule has 110 valence electrons. The van der Waals surface area contributed by atoms with Gasteiger partial charge >= 0.3 is 0 Å². The van der Waals surface area contributed by atoms with Gasteiger partial charge in [-0.15, -0.1) is 0 Å². The van der Waals surface area contributed by atoms with Crippen molar-refractivity contribution < 1.29 is 14.3 Å². The predicted molar refractivity (Wildman–Crippen MR) is 76.4 cm³/mol. The summed E-state index contributed by atoms with van der Waals surface area (Å²) >= 11 is 0. The van der Waals surface area contributed by atoms with Crippen LogP contribution in [0.15, 0.2) is 24.3 Å². The number of nitrogens with zero attached hydrogens (tertiary/aromatic N) is 1. The van der Waals surface area contributed by atoms with Crippen LogP contribution in [0.5, 0.6) is 5.75 Å². The number of amides is 1. The second kappa shape index (κ2) is 6.72. The molecule has 1 fully saturated rings. The summed E-state index contributed by atoms with van der Waals surface area (Å²) in [5, 5.41) is 0. The maximum absolute atomic E-state index is 12.1. The van der Waals surface area contributed by atoms with Crippen LogP contribution in [0.2, 0.25) is 0 Å². The second-order valence-electron chi connectivity index (χ2n) is 5.07. The molecule has 1 amide bonds. The molecule has 2 atom stereocenters. The van der Waals surface area contributed by atoms with Crippen LogP contribution in [0.1, 0.15) is 18.9 Å². The van der Waals surface area contributed by atoms with E-state index in [0.29, 0.717) is 18.9 Å². The Kier molecular flexibility index (Phi) is 4.98. The van der Waals surface area contributed by atoms with Crippen LogP contribution in [0.25, 0.3) is 0 Å². The molecule has 1 aliphatic heterocycles. The molecule has 0 aliphatic carbocycles. The number of hydrogen-bond donors (Lipinski definition) is 1. The molecule has 1 aliphatic rings. The summed E-state index contributed by atoms with van der Waals surface area (Å²) in [7, 11) is 1.80. The molecule has 2 rings (SSSR count). The van der Waals surface area contributed by atoms with E-state index in [-0.39, 0.29) is 24.7 Å². The molecule has 0 bridgehead atoms. The molecule has 0 radical (unpaired) electrons. The zero-order chi connectivity index (χ0) is 14.5. The fourth-order valence-electron chi connectivity index (χ4n) is 2.38. The lowest BCUT2D eigenvalue weighted by molar-refractivity contribution is -0.135. The lowest BCUT2D eigenvalue weighted by Crippen LogP contribution is -2.43. The minimum atomic E-state index is -0.0322. The molecule has 0 aromatic heterocycles. The fraction of sp³-hybridized carbons (Fsp3) is 0.533. The van der Waals surface area contributed by atoms with Gasteiger partial charge in [-0.1, -0.05) is 12.1 Å². The monoisotopic (exact) mass is 278 g/mol.